The first-order valence-electron chi connectivity index (χ1n) is 5.68. The second kappa shape index (κ2) is 4.05. The fourth-order valence-electron chi connectivity index (χ4n) is 2.14. The fraction of sp³-hybridized carbons (Fsp3) is 0.231. The second-order valence-electron chi connectivity index (χ2n) is 4.17. The number of aryl methyl sites for hydroxylation is 2. The van der Waals surface area contributed by atoms with Crippen molar-refractivity contribution in [3.8, 4) is 11.6 Å². The number of fused-ring (bicyclic) bond motifs is 1. The molecule has 2 N–H and O–H groups in total. The molecule has 1 aromatic carbocycles. The van der Waals surface area contributed by atoms with E-state index in [0.29, 0.717) is 11.7 Å². The van der Waals surface area contributed by atoms with Gasteiger partial charge in [-0.05, 0) is 42.5 Å². The lowest BCUT2D eigenvalue weighted by Crippen LogP contribution is -1.94. The molecule has 4 heteroatoms. The number of hydrogen-bond donors (Lipinski definition) is 1. The molecule has 0 saturated carbocycles. The molecule has 1 aliphatic carbocycles. The summed E-state index contributed by atoms with van der Waals surface area (Å²) in [5.41, 5.74) is 8.38. The molecule has 1 heterocycles. The maximum absolute atomic E-state index is 5.65. The third-order valence-electron chi connectivity index (χ3n) is 2.96. The topological polar surface area (TPSA) is 61.0 Å². The van der Waals surface area contributed by atoms with Crippen LogP contribution in [0.25, 0.3) is 0 Å². The van der Waals surface area contributed by atoms with Crippen molar-refractivity contribution in [3.63, 3.8) is 0 Å². The van der Waals surface area contributed by atoms with E-state index in [1.807, 2.05) is 6.07 Å². The van der Waals surface area contributed by atoms with Gasteiger partial charge in [0.25, 0.3) is 0 Å². The van der Waals surface area contributed by atoms with E-state index in [2.05, 4.69) is 22.1 Å². The molecule has 3 rings (SSSR count). The number of aromatic nitrogens is 2. The summed E-state index contributed by atoms with van der Waals surface area (Å²) in [4.78, 5) is 7.84. The maximum Gasteiger partial charge on any atom is 0.224 e. The van der Waals surface area contributed by atoms with E-state index in [4.69, 9.17) is 10.5 Å². The quantitative estimate of drug-likeness (QED) is 0.855. The number of hydrogen-bond acceptors (Lipinski definition) is 4. The number of nitrogens with two attached hydrogens (primary N) is 1. The summed E-state index contributed by atoms with van der Waals surface area (Å²) in [5.74, 6) is 1.70. The van der Waals surface area contributed by atoms with Gasteiger partial charge >= 0.3 is 0 Å². The Hall–Kier alpha value is -2.10. The highest BCUT2D eigenvalue weighted by Gasteiger charge is 2.11. The van der Waals surface area contributed by atoms with E-state index in [1.54, 1.807) is 6.07 Å². The predicted octanol–water partition coefficient (Wildman–Crippen LogP) is 2.34. The zero-order chi connectivity index (χ0) is 11.7. The third kappa shape index (κ3) is 2.06. The molecule has 1 aliphatic rings. The molecule has 0 amide bonds. The van der Waals surface area contributed by atoms with Crippen LogP contribution in [0, 0.1) is 0 Å². The van der Waals surface area contributed by atoms with Crippen LogP contribution in [0.2, 0.25) is 0 Å². The Labute approximate surface area is 99.5 Å². The van der Waals surface area contributed by atoms with Gasteiger partial charge in [-0.1, -0.05) is 6.07 Å². The van der Waals surface area contributed by atoms with Gasteiger partial charge in [0, 0.05) is 6.07 Å². The average molecular weight is 227 g/mol. The molecule has 4 nitrogen and oxygen atoms in total. The largest absolute Gasteiger partial charge is 0.439 e. The van der Waals surface area contributed by atoms with Crippen molar-refractivity contribution in [1.29, 1.82) is 0 Å². The minimum atomic E-state index is 0.413. The van der Waals surface area contributed by atoms with Crippen molar-refractivity contribution in [2.75, 3.05) is 5.73 Å². The van der Waals surface area contributed by atoms with E-state index in [0.717, 1.165) is 12.2 Å². The van der Waals surface area contributed by atoms with Crippen molar-refractivity contribution >= 4 is 5.82 Å². The van der Waals surface area contributed by atoms with Crippen molar-refractivity contribution in [3.05, 3.63) is 41.7 Å². The first-order chi connectivity index (χ1) is 8.31. The van der Waals surface area contributed by atoms with Crippen LogP contribution in [0.5, 0.6) is 11.6 Å². The highest BCUT2D eigenvalue weighted by molar-refractivity contribution is 5.40. The minimum absolute atomic E-state index is 0.413. The zero-order valence-corrected chi connectivity index (χ0v) is 9.39. The maximum atomic E-state index is 5.65. The lowest BCUT2D eigenvalue weighted by Gasteiger charge is -2.06. The molecule has 0 saturated heterocycles. The molecular formula is C13H13N3O. The summed E-state index contributed by atoms with van der Waals surface area (Å²) in [7, 11) is 0. The first-order valence-corrected chi connectivity index (χ1v) is 5.68. The van der Waals surface area contributed by atoms with Gasteiger partial charge in [-0.2, -0.15) is 0 Å². The molecule has 17 heavy (non-hydrogen) atoms. The molecule has 2 aromatic rings. The Kier molecular flexibility index (Phi) is 2.40. The average Bonchev–Trinajstić information content (AvgIpc) is 2.76. The number of nitrogen functional groups attached to an aromatic ring is 1. The third-order valence-corrected chi connectivity index (χ3v) is 2.96. The second-order valence-corrected chi connectivity index (χ2v) is 4.17. The molecular weight excluding hydrogens is 214 g/mol. The number of rotatable bonds is 2. The Morgan fingerprint density at radius 3 is 2.82 bits per heavy atom. The smallest absolute Gasteiger partial charge is 0.224 e. The van der Waals surface area contributed by atoms with Crippen LogP contribution in [0.15, 0.2) is 30.6 Å². The molecule has 0 bridgehead atoms. The van der Waals surface area contributed by atoms with Crippen molar-refractivity contribution < 1.29 is 4.74 Å². The van der Waals surface area contributed by atoms with Gasteiger partial charge in [0.05, 0.1) is 0 Å². The lowest BCUT2D eigenvalue weighted by molar-refractivity contribution is 0.461. The number of benzene rings is 1. The monoisotopic (exact) mass is 227 g/mol. The fourth-order valence-corrected chi connectivity index (χ4v) is 2.14. The minimum Gasteiger partial charge on any atom is -0.439 e. The summed E-state index contributed by atoms with van der Waals surface area (Å²) < 4.78 is 5.65. The van der Waals surface area contributed by atoms with Crippen molar-refractivity contribution in [2.45, 2.75) is 19.3 Å². The summed E-state index contributed by atoms with van der Waals surface area (Å²) in [6, 6.07) is 7.80. The number of ether oxygens (including phenoxy) is 1. The summed E-state index contributed by atoms with van der Waals surface area (Å²) in [6.07, 6.45) is 4.95. The zero-order valence-electron chi connectivity index (χ0n) is 9.39. The van der Waals surface area contributed by atoms with Crippen LogP contribution in [-0.4, -0.2) is 9.97 Å². The summed E-state index contributed by atoms with van der Waals surface area (Å²) >= 11 is 0. The summed E-state index contributed by atoms with van der Waals surface area (Å²) in [5, 5.41) is 0. The molecule has 0 unspecified atom stereocenters. The summed E-state index contributed by atoms with van der Waals surface area (Å²) in [6.45, 7) is 0. The van der Waals surface area contributed by atoms with Gasteiger partial charge in [0.2, 0.25) is 5.88 Å². The standard InChI is InChI=1S/C13H13N3O/c14-12-7-13(16-8-15-12)17-11-5-4-9-2-1-3-10(9)6-11/h4-8H,1-3H2,(H2,14,15,16). The predicted molar refractivity (Wildman–Crippen MR) is 65.0 cm³/mol. The van der Waals surface area contributed by atoms with Crippen LogP contribution >= 0.6 is 0 Å². The van der Waals surface area contributed by atoms with Crippen molar-refractivity contribution in [2.24, 2.45) is 0 Å². The van der Waals surface area contributed by atoms with Crippen LogP contribution in [-0.2, 0) is 12.8 Å². The Morgan fingerprint density at radius 2 is 1.94 bits per heavy atom. The Balaban J connectivity index is 1.86. The van der Waals surface area contributed by atoms with Crippen LogP contribution in [0.3, 0.4) is 0 Å². The first kappa shape index (κ1) is 10.1. The molecule has 0 fully saturated rings. The normalized spacial score (nSPS) is 13.4. The van der Waals surface area contributed by atoms with Crippen molar-refractivity contribution in [1.82, 2.24) is 9.97 Å². The number of anilines is 1. The van der Waals surface area contributed by atoms with Crippen LogP contribution in [0.4, 0.5) is 5.82 Å². The highest BCUT2D eigenvalue weighted by Crippen LogP contribution is 2.28. The van der Waals surface area contributed by atoms with E-state index in [9.17, 15) is 0 Å². The lowest BCUT2D eigenvalue weighted by atomic mass is 10.1. The van der Waals surface area contributed by atoms with Crippen LogP contribution < -0.4 is 10.5 Å². The SMILES string of the molecule is Nc1cc(Oc2ccc3c(c2)CCC3)ncn1. The highest BCUT2D eigenvalue weighted by atomic mass is 16.5. The van der Waals surface area contributed by atoms with Gasteiger partial charge in [-0.25, -0.2) is 9.97 Å². The van der Waals surface area contributed by atoms with Gasteiger partial charge in [-0.15, -0.1) is 0 Å². The Morgan fingerprint density at radius 1 is 1.06 bits per heavy atom. The molecule has 0 aliphatic heterocycles. The molecule has 0 spiro atoms. The van der Waals surface area contributed by atoms with Gasteiger partial charge in [-0.3, -0.25) is 0 Å². The van der Waals surface area contributed by atoms with Crippen LogP contribution in [0.1, 0.15) is 17.5 Å². The molecule has 1 aromatic heterocycles. The van der Waals surface area contributed by atoms with E-state index in [1.165, 1.54) is 30.3 Å². The molecule has 0 radical (unpaired) electrons. The molecule has 0 atom stereocenters. The van der Waals surface area contributed by atoms with E-state index in [-0.39, 0.29) is 0 Å². The van der Waals surface area contributed by atoms with Gasteiger partial charge in [0.1, 0.15) is 17.9 Å². The van der Waals surface area contributed by atoms with Gasteiger partial charge < -0.3 is 10.5 Å². The van der Waals surface area contributed by atoms with Gasteiger partial charge in [0.15, 0.2) is 0 Å². The van der Waals surface area contributed by atoms with E-state index >= 15 is 0 Å². The number of nitrogens with zero attached hydrogens (tertiary/aromatic N) is 2. The van der Waals surface area contributed by atoms with E-state index < -0.39 is 0 Å². The Bertz CT molecular complexity index is 554. The molecule has 86 valence electrons.